The Kier molecular flexibility index (Phi) is 3.08. The molecular weight excluding hydrogens is 244 g/mol. The van der Waals surface area contributed by atoms with E-state index in [0.29, 0.717) is 0 Å². The molecule has 2 nitrogen and oxygen atoms in total. The molecule has 0 saturated carbocycles. The summed E-state index contributed by atoms with van der Waals surface area (Å²) in [4.78, 5) is 6.04. The van der Waals surface area contributed by atoms with Crippen LogP contribution in [0.1, 0.15) is 25.1 Å². The maximum absolute atomic E-state index is 6.25. The smallest absolute Gasteiger partial charge is 0.0648 e. The Morgan fingerprint density at radius 2 is 2.22 bits per heavy atom. The zero-order valence-corrected chi connectivity index (χ0v) is 11.7. The van der Waals surface area contributed by atoms with Crippen molar-refractivity contribution in [2.75, 3.05) is 13.1 Å². The molecule has 0 aliphatic carbocycles. The molecule has 0 amide bonds. The highest BCUT2D eigenvalue weighted by Gasteiger charge is 2.21. The summed E-state index contributed by atoms with van der Waals surface area (Å²) >= 11 is 6.25. The highest BCUT2D eigenvalue weighted by Crippen LogP contribution is 2.31. The predicted molar refractivity (Wildman–Crippen MR) is 77.1 cm³/mol. The number of para-hydroxylation sites is 1. The van der Waals surface area contributed by atoms with Crippen molar-refractivity contribution in [2.24, 2.45) is 5.92 Å². The van der Waals surface area contributed by atoms with E-state index in [0.717, 1.165) is 36.0 Å². The molecule has 2 aromatic rings. The Bertz CT molecular complexity index is 571. The molecule has 3 heteroatoms. The lowest BCUT2D eigenvalue weighted by atomic mass is 10.0. The normalized spacial score (nSPS) is 16.4. The van der Waals surface area contributed by atoms with E-state index in [2.05, 4.69) is 29.8 Å². The van der Waals surface area contributed by atoms with Gasteiger partial charge < -0.3 is 4.98 Å². The van der Waals surface area contributed by atoms with Crippen LogP contribution in [0.5, 0.6) is 0 Å². The van der Waals surface area contributed by atoms with Gasteiger partial charge >= 0.3 is 0 Å². The molecule has 0 atom stereocenters. The molecule has 1 aliphatic rings. The van der Waals surface area contributed by atoms with Crippen LogP contribution in [0.4, 0.5) is 0 Å². The van der Waals surface area contributed by atoms with Crippen molar-refractivity contribution in [3.63, 3.8) is 0 Å². The first kappa shape index (κ1) is 12.1. The molecule has 1 N–H and O–H groups in total. The number of rotatable bonds is 2. The fourth-order valence-corrected chi connectivity index (χ4v) is 3.15. The molecule has 0 bridgehead atoms. The first-order chi connectivity index (χ1) is 8.65. The van der Waals surface area contributed by atoms with Crippen LogP contribution in [0.25, 0.3) is 10.9 Å². The largest absolute Gasteiger partial charge is 0.357 e. The topological polar surface area (TPSA) is 19.0 Å². The SMILES string of the molecule is CC(C)CN1CCc2[nH]c3c(Cl)cccc3c2C1. The molecule has 1 aromatic carbocycles. The fourth-order valence-electron chi connectivity index (χ4n) is 2.93. The number of aromatic nitrogens is 1. The van der Waals surface area contributed by atoms with Gasteiger partial charge in [0.05, 0.1) is 10.5 Å². The molecule has 96 valence electrons. The summed E-state index contributed by atoms with van der Waals surface area (Å²) in [5, 5.41) is 2.13. The van der Waals surface area contributed by atoms with Gasteiger partial charge in [-0.2, -0.15) is 0 Å². The Morgan fingerprint density at radius 1 is 1.39 bits per heavy atom. The summed E-state index contributed by atoms with van der Waals surface area (Å²) in [5.74, 6) is 0.723. The van der Waals surface area contributed by atoms with E-state index in [1.165, 1.54) is 23.2 Å². The molecule has 3 rings (SSSR count). The van der Waals surface area contributed by atoms with Crippen molar-refractivity contribution in [3.05, 3.63) is 34.5 Å². The summed E-state index contributed by atoms with van der Waals surface area (Å²) in [5.41, 5.74) is 3.92. The van der Waals surface area contributed by atoms with E-state index in [9.17, 15) is 0 Å². The lowest BCUT2D eigenvalue weighted by molar-refractivity contribution is 0.226. The minimum Gasteiger partial charge on any atom is -0.357 e. The third-order valence-corrected chi connectivity index (χ3v) is 3.98. The van der Waals surface area contributed by atoms with Gasteiger partial charge in [0.2, 0.25) is 0 Å². The average Bonchev–Trinajstić information content (AvgIpc) is 2.68. The van der Waals surface area contributed by atoms with Crippen LogP contribution in [-0.2, 0) is 13.0 Å². The van der Waals surface area contributed by atoms with Crippen molar-refractivity contribution in [1.82, 2.24) is 9.88 Å². The van der Waals surface area contributed by atoms with Crippen LogP contribution in [0.15, 0.2) is 18.2 Å². The van der Waals surface area contributed by atoms with E-state index in [4.69, 9.17) is 11.6 Å². The van der Waals surface area contributed by atoms with Gasteiger partial charge in [-0.05, 0) is 17.5 Å². The number of nitrogens with one attached hydrogen (secondary N) is 1. The summed E-state index contributed by atoms with van der Waals surface area (Å²) in [6.45, 7) is 7.93. The Morgan fingerprint density at radius 3 is 3.00 bits per heavy atom. The van der Waals surface area contributed by atoms with Crippen molar-refractivity contribution in [3.8, 4) is 0 Å². The first-order valence-electron chi connectivity index (χ1n) is 6.65. The molecule has 1 aromatic heterocycles. The third-order valence-electron chi connectivity index (χ3n) is 3.66. The van der Waals surface area contributed by atoms with Gasteiger partial charge in [0.15, 0.2) is 0 Å². The second-order valence-corrected chi connectivity index (χ2v) is 6.03. The van der Waals surface area contributed by atoms with Gasteiger partial charge in [0.25, 0.3) is 0 Å². The van der Waals surface area contributed by atoms with Crippen molar-refractivity contribution >= 4 is 22.5 Å². The maximum atomic E-state index is 6.25. The van der Waals surface area contributed by atoms with Crippen molar-refractivity contribution in [2.45, 2.75) is 26.8 Å². The molecule has 2 heterocycles. The number of aromatic amines is 1. The fraction of sp³-hybridized carbons (Fsp3) is 0.467. The number of nitrogens with zero attached hydrogens (tertiary/aromatic N) is 1. The Balaban J connectivity index is 1.99. The van der Waals surface area contributed by atoms with Gasteiger partial charge in [-0.15, -0.1) is 0 Å². The molecule has 0 spiro atoms. The van der Waals surface area contributed by atoms with Crippen LogP contribution in [0, 0.1) is 5.92 Å². The van der Waals surface area contributed by atoms with Crippen molar-refractivity contribution in [1.29, 1.82) is 0 Å². The maximum Gasteiger partial charge on any atom is 0.0648 e. The van der Waals surface area contributed by atoms with Gasteiger partial charge in [0.1, 0.15) is 0 Å². The Hall–Kier alpha value is -0.990. The van der Waals surface area contributed by atoms with E-state index in [1.54, 1.807) is 0 Å². The molecule has 1 aliphatic heterocycles. The second kappa shape index (κ2) is 4.60. The highest BCUT2D eigenvalue weighted by molar-refractivity contribution is 6.35. The van der Waals surface area contributed by atoms with E-state index in [1.807, 2.05) is 12.1 Å². The third kappa shape index (κ3) is 2.04. The van der Waals surface area contributed by atoms with E-state index in [-0.39, 0.29) is 0 Å². The molecule has 18 heavy (non-hydrogen) atoms. The zero-order valence-electron chi connectivity index (χ0n) is 11.0. The summed E-state index contributed by atoms with van der Waals surface area (Å²) < 4.78 is 0. The number of halogens is 1. The number of benzene rings is 1. The molecule has 0 saturated heterocycles. The van der Waals surface area contributed by atoms with Crippen LogP contribution in [-0.4, -0.2) is 23.0 Å². The van der Waals surface area contributed by atoms with Crippen LogP contribution in [0.2, 0.25) is 5.02 Å². The summed E-state index contributed by atoms with van der Waals surface area (Å²) in [7, 11) is 0. The predicted octanol–water partition coefficient (Wildman–Crippen LogP) is 3.84. The number of hydrogen-bond donors (Lipinski definition) is 1. The van der Waals surface area contributed by atoms with E-state index < -0.39 is 0 Å². The minimum atomic E-state index is 0.723. The lowest BCUT2D eigenvalue weighted by Crippen LogP contribution is -2.33. The molecular formula is C15H19ClN2. The quantitative estimate of drug-likeness (QED) is 0.871. The second-order valence-electron chi connectivity index (χ2n) is 5.62. The summed E-state index contributed by atoms with van der Waals surface area (Å²) in [6.07, 6.45) is 1.10. The van der Waals surface area contributed by atoms with Crippen LogP contribution < -0.4 is 0 Å². The highest BCUT2D eigenvalue weighted by atomic mass is 35.5. The van der Waals surface area contributed by atoms with Gasteiger partial charge in [-0.3, -0.25) is 4.90 Å². The minimum absolute atomic E-state index is 0.723. The number of fused-ring (bicyclic) bond motifs is 3. The molecule has 0 radical (unpaired) electrons. The molecule has 0 fully saturated rings. The molecule has 0 unspecified atom stereocenters. The Labute approximate surface area is 113 Å². The van der Waals surface area contributed by atoms with Gasteiger partial charge in [-0.1, -0.05) is 37.6 Å². The number of hydrogen-bond acceptors (Lipinski definition) is 1. The van der Waals surface area contributed by atoms with Crippen LogP contribution >= 0.6 is 11.6 Å². The number of H-pyrrole nitrogens is 1. The standard InChI is InChI=1S/C15H19ClN2/c1-10(2)8-18-7-6-14-12(9-18)11-4-3-5-13(16)15(11)17-14/h3-5,10,17H,6-9H2,1-2H3. The van der Waals surface area contributed by atoms with Gasteiger partial charge in [-0.25, -0.2) is 0 Å². The zero-order chi connectivity index (χ0) is 12.7. The summed E-state index contributed by atoms with van der Waals surface area (Å²) in [6, 6.07) is 6.17. The van der Waals surface area contributed by atoms with Gasteiger partial charge in [0, 0.05) is 37.1 Å². The monoisotopic (exact) mass is 262 g/mol. The van der Waals surface area contributed by atoms with E-state index >= 15 is 0 Å². The van der Waals surface area contributed by atoms with Crippen LogP contribution in [0.3, 0.4) is 0 Å². The first-order valence-corrected chi connectivity index (χ1v) is 7.03. The lowest BCUT2D eigenvalue weighted by Gasteiger charge is -2.28. The van der Waals surface area contributed by atoms with Crippen molar-refractivity contribution < 1.29 is 0 Å². The average molecular weight is 263 g/mol.